The number of benzene rings is 1. The molecule has 0 radical (unpaired) electrons. The molecule has 1 amide bonds. The van der Waals surface area contributed by atoms with E-state index in [-0.39, 0.29) is 18.2 Å². The normalized spacial score (nSPS) is 10.9. The number of nitrogens with one attached hydrogen (secondary N) is 1. The van der Waals surface area contributed by atoms with Gasteiger partial charge in [-0.05, 0) is 25.5 Å². The van der Waals surface area contributed by atoms with Gasteiger partial charge in [-0.15, -0.1) is 0 Å². The maximum Gasteiger partial charge on any atom is 0.316 e. The van der Waals surface area contributed by atoms with Crippen molar-refractivity contribution in [3.05, 3.63) is 36.1 Å². The second-order valence-corrected chi connectivity index (χ2v) is 6.80. The zero-order chi connectivity index (χ0) is 19.2. The largest absolute Gasteiger partial charge is 0.455 e. The van der Waals surface area contributed by atoms with E-state index in [1.165, 1.54) is 11.8 Å². The van der Waals surface area contributed by atoms with Crippen LogP contribution in [0.5, 0.6) is 0 Å². The van der Waals surface area contributed by atoms with Crippen molar-refractivity contribution in [2.24, 2.45) is 0 Å². The number of esters is 1. The molecule has 27 heavy (non-hydrogen) atoms. The highest BCUT2D eigenvalue weighted by atomic mass is 32.2. The predicted octanol–water partition coefficient (Wildman–Crippen LogP) is 3.02. The highest BCUT2D eigenvalue weighted by Gasteiger charge is 2.14. The highest BCUT2D eigenvalue weighted by Crippen LogP contribution is 2.24. The van der Waals surface area contributed by atoms with Crippen LogP contribution in [0.4, 0.5) is 5.82 Å². The van der Waals surface area contributed by atoms with Gasteiger partial charge >= 0.3 is 5.97 Å². The number of imidazole rings is 1. The van der Waals surface area contributed by atoms with Gasteiger partial charge in [-0.3, -0.25) is 9.59 Å². The van der Waals surface area contributed by atoms with Gasteiger partial charge in [0.15, 0.2) is 17.6 Å². The van der Waals surface area contributed by atoms with Gasteiger partial charge in [0.25, 0.3) is 5.91 Å². The molecule has 0 saturated carbocycles. The van der Waals surface area contributed by atoms with Crippen LogP contribution in [0.2, 0.25) is 0 Å². The van der Waals surface area contributed by atoms with Gasteiger partial charge in [-0.2, -0.15) is 0 Å². The first-order chi connectivity index (χ1) is 13.1. The van der Waals surface area contributed by atoms with Gasteiger partial charge in [-0.1, -0.05) is 36.0 Å². The molecule has 0 atom stereocenters. The molecular formula is C18H20N4O4S. The fourth-order valence-corrected chi connectivity index (χ4v) is 3.36. The molecule has 2 heterocycles. The van der Waals surface area contributed by atoms with E-state index in [9.17, 15) is 9.59 Å². The van der Waals surface area contributed by atoms with Crippen LogP contribution in [-0.4, -0.2) is 38.9 Å². The first-order valence-electron chi connectivity index (χ1n) is 8.53. The third-order valence-electron chi connectivity index (χ3n) is 3.65. The topological polar surface area (TPSA) is 99.2 Å². The minimum atomic E-state index is -0.485. The van der Waals surface area contributed by atoms with E-state index in [1.807, 2.05) is 24.3 Å². The molecule has 0 saturated heterocycles. The molecule has 8 nitrogen and oxygen atoms in total. The Kier molecular flexibility index (Phi) is 6.12. The van der Waals surface area contributed by atoms with Gasteiger partial charge in [0, 0.05) is 12.6 Å². The minimum absolute atomic E-state index is 0.0728. The summed E-state index contributed by atoms with van der Waals surface area (Å²) >= 11 is 1.30. The third kappa shape index (κ3) is 4.88. The summed E-state index contributed by atoms with van der Waals surface area (Å²) < 4.78 is 12.0. The van der Waals surface area contributed by atoms with Crippen molar-refractivity contribution in [1.29, 1.82) is 0 Å². The summed E-state index contributed by atoms with van der Waals surface area (Å²) in [6.45, 7) is 4.24. The monoisotopic (exact) mass is 388 g/mol. The number of aromatic nitrogens is 3. The van der Waals surface area contributed by atoms with E-state index in [4.69, 9.17) is 9.26 Å². The number of carbonyl (C=O) groups is 2. The lowest BCUT2D eigenvalue weighted by Crippen LogP contribution is -2.21. The van der Waals surface area contributed by atoms with E-state index in [0.29, 0.717) is 5.76 Å². The molecule has 2 aromatic heterocycles. The smallest absolute Gasteiger partial charge is 0.316 e. The van der Waals surface area contributed by atoms with Crippen molar-refractivity contribution >= 4 is 40.5 Å². The van der Waals surface area contributed by atoms with Crippen LogP contribution in [-0.2, 0) is 20.9 Å². The number of hydrogen-bond acceptors (Lipinski definition) is 7. The van der Waals surface area contributed by atoms with Crippen molar-refractivity contribution in [2.45, 2.75) is 32.0 Å². The maximum absolute atomic E-state index is 12.0. The number of hydrogen-bond donors (Lipinski definition) is 1. The Morgan fingerprint density at radius 2 is 2.15 bits per heavy atom. The Bertz CT molecular complexity index is 950. The molecule has 9 heteroatoms. The standard InChI is InChI=1S/C18H20N4O4S/c1-3-8-22-14-7-5-4-6-13(14)19-18(22)27-11-17(24)25-10-16(23)20-15-9-12(2)26-21-15/h4-7,9H,3,8,10-11H2,1-2H3,(H,20,21,23). The van der Waals surface area contributed by atoms with Crippen molar-refractivity contribution in [1.82, 2.24) is 14.7 Å². The van der Waals surface area contributed by atoms with Crippen LogP contribution < -0.4 is 5.32 Å². The Morgan fingerprint density at radius 1 is 1.33 bits per heavy atom. The lowest BCUT2D eigenvalue weighted by molar-refractivity contribution is -0.144. The minimum Gasteiger partial charge on any atom is -0.455 e. The Hall–Kier alpha value is -2.81. The number of amides is 1. The van der Waals surface area contributed by atoms with Crippen molar-refractivity contribution in [2.75, 3.05) is 17.7 Å². The molecule has 142 valence electrons. The molecule has 3 aromatic rings. The summed E-state index contributed by atoms with van der Waals surface area (Å²) in [5.41, 5.74) is 1.93. The number of carbonyl (C=O) groups excluding carboxylic acids is 2. The zero-order valence-corrected chi connectivity index (χ0v) is 15.9. The Morgan fingerprint density at radius 3 is 2.89 bits per heavy atom. The average Bonchev–Trinajstić information content (AvgIpc) is 3.22. The predicted molar refractivity (Wildman–Crippen MR) is 102 cm³/mol. The number of para-hydroxylation sites is 2. The first kappa shape index (κ1) is 19.0. The quantitative estimate of drug-likeness (QED) is 0.468. The van der Waals surface area contributed by atoms with E-state index < -0.39 is 11.9 Å². The van der Waals surface area contributed by atoms with Crippen LogP contribution in [0.1, 0.15) is 19.1 Å². The lowest BCUT2D eigenvalue weighted by atomic mass is 10.3. The number of nitrogens with zero attached hydrogens (tertiary/aromatic N) is 3. The molecule has 0 spiro atoms. The van der Waals surface area contributed by atoms with Gasteiger partial charge in [0.1, 0.15) is 5.76 Å². The fraction of sp³-hybridized carbons (Fsp3) is 0.333. The summed E-state index contributed by atoms with van der Waals surface area (Å²) in [7, 11) is 0. The molecule has 0 unspecified atom stereocenters. The van der Waals surface area contributed by atoms with Crippen LogP contribution in [0, 0.1) is 6.92 Å². The number of ether oxygens (including phenoxy) is 1. The van der Waals surface area contributed by atoms with Crippen LogP contribution in [0.15, 0.2) is 40.0 Å². The number of aryl methyl sites for hydroxylation is 2. The number of anilines is 1. The maximum atomic E-state index is 12.0. The Balaban J connectivity index is 1.52. The second-order valence-electron chi connectivity index (χ2n) is 5.86. The molecule has 0 fully saturated rings. The first-order valence-corrected chi connectivity index (χ1v) is 9.52. The van der Waals surface area contributed by atoms with E-state index in [2.05, 4.69) is 26.9 Å². The van der Waals surface area contributed by atoms with E-state index in [0.717, 1.165) is 29.2 Å². The van der Waals surface area contributed by atoms with Gasteiger partial charge < -0.3 is 19.1 Å². The summed E-state index contributed by atoms with van der Waals surface area (Å²) in [4.78, 5) is 28.3. The molecule has 0 aliphatic heterocycles. The molecule has 1 N–H and O–H groups in total. The van der Waals surface area contributed by atoms with Gasteiger partial charge in [-0.25, -0.2) is 4.98 Å². The van der Waals surface area contributed by atoms with Crippen LogP contribution in [0.3, 0.4) is 0 Å². The van der Waals surface area contributed by atoms with Crippen molar-refractivity contribution in [3.8, 4) is 0 Å². The molecule has 1 aromatic carbocycles. The zero-order valence-electron chi connectivity index (χ0n) is 15.1. The van der Waals surface area contributed by atoms with E-state index >= 15 is 0 Å². The van der Waals surface area contributed by atoms with Crippen LogP contribution >= 0.6 is 11.8 Å². The van der Waals surface area contributed by atoms with Gasteiger partial charge in [0.2, 0.25) is 0 Å². The number of thioether (sulfide) groups is 1. The lowest BCUT2D eigenvalue weighted by Gasteiger charge is -2.07. The second kappa shape index (κ2) is 8.72. The van der Waals surface area contributed by atoms with Crippen molar-refractivity contribution in [3.63, 3.8) is 0 Å². The van der Waals surface area contributed by atoms with E-state index in [1.54, 1.807) is 13.0 Å². The fourth-order valence-electron chi connectivity index (χ4n) is 2.52. The summed E-state index contributed by atoms with van der Waals surface area (Å²) in [5, 5.41) is 6.90. The third-order valence-corrected chi connectivity index (χ3v) is 4.60. The summed E-state index contributed by atoms with van der Waals surface area (Å²) in [6.07, 6.45) is 0.958. The molecule has 0 aliphatic carbocycles. The van der Waals surface area contributed by atoms with Crippen molar-refractivity contribution < 1.29 is 18.8 Å². The summed E-state index contributed by atoms with van der Waals surface area (Å²) in [6, 6.07) is 9.43. The SMILES string of the molecule is CCCn1c(SCC(=O)OCC(=O)Nc2cc(C)on2)nc2ccccc21. The molecule has 0 aliphatic rings. The van der Waals surface area contributed by atoms with Crippen LogP contribution in [0.25, 0.3) is 11.0 Å². The van der Waals surface area contributed by atoms with Gasteiger partial charge in [0.05, 0.1) is 16.8 Å². The number of rotatable bonds is 8. The molecule has 0 bridgehead atoms. The molecule has 3 rings (SSSR count). The Labute approximate surface area is 160 Å². The average molecular weight is 388 g/mol. The highest BCUT2D eigenvalue weighted by molar-refractivity contribution is 7.99. The summed E-state index contributed by atoms with van der Waals surface area (Å²) in [5.74, 6) is -0.0186. The number of fused-ring (bicyclic) bond motifs is 1. The molecular weight excluding hydrogens is 368 g/mol.